The van der Waals surface area contributed by atoms with Crippen molar-refractivity contribution in [2.24, 2.45) is 5.10 Å². The molecule has 0 fully saturated rings. The third-order valence-corrected chi connectivity index (χ3v) is 4.66. The van der Waals surface area contributed by atoms with Crippen LogP contribution in [0.1, 0.15) is 15.9 Å². The molecule has 0 aliphatic rings. The van der Waals surface area contributed by atoms with Gasteiger partial charge in [-0.05, 0) is 72.3 Å². The molecule has 34 heavy (non-hydrogen) atoms. The molecule has 2 amide bonds. The number of halogens is 1. The smallest absolute Gasteiger partial charge is 0.343 e. The molecule has 0 unspecified atom stereocenters. The van der Waals surface area contributed by atoms with Crippen LogP contribution in [0, 0.1) is 0 Å². The number of hydrazone groups is 1. The minimum Gasteiger partial charge on any atom is -0.497 e. The molecule has 0 aliphatic carbocycles. The van der Waals surface area contributed by atoms with Gasteiger partial charge < -0.3 is 19.5 Å². The van der Waals surface area contributed by atoms with E-state index < -0.39 is 17.8 Å². The molecule has 0 saturated heterocycles. The second-order valence-electron chi connectivity index (χ2n) is 6.69. The molecule has 10 heteroatoms. The number of benzene rings is 3. The molecule has 3 aromatic rings. The molecule has 3 aromatic carbocycles. The molecule has 0 radical (unpaired) electrons. The lowest BCUT2D eigenvalue weighted by Crippen LogP contribution is -2.32. The highest BCUT2D eigenvalue weighted by Gasteiger charge is 2.14. The van der Waals surface area contributed by atoms with Crippen LogP contribution in [0.2, 0.25) is 5.02 Å². The SMILES string of the molecule is COc1ccc(NC(=O)C(=O)NN=Cc2ccc(OC(=O)c3ccc(Cl)cc3)c(OC)c2)cc1. The molecule has 0 atom stereocenters. The van der Waals surface area contributed by atoms with Gasteiger partial charge in [-0.2, -0.15) is 5.10 Å². The number of hydrogen-bond acceptors (Lipinski definition) is 7. The molecule has 174 valence electrons. The highest BCUT2D eigenvalue weighted by molar-refractivity contribution is 6.39. The van der Waals surface area contributed by atoms with Gasteiger partial charge in [-0.1, -0.05) is 11.6 Å². The first kappa shape index (κ1) is 24.3. The molecular formula is C24H20ClN3O6. The van der Waals surface area contributed by atoms with Crippen LogP contribution < -0.4 is 25.0 Å². The average Bonchev–Trinajstić information content (AvgIpc) is 2.85. The highest BCUT2D eigenvalue weighted by Crippen LogP contribution is 2.28. The molecule has 0 aliphatic heterocycles. The van der Waals surface area contributed by atoms with Crippen LogP contribution >= 0.6 is 11.6 Å². The number of carbonyl (C=O) groups is 3. The number of nitrogens with zero attached hydrogens (tertiary/aromatic N) is 1. The Morgan fingerprint density at radius 1 is 0.853 bits per heavy atom. The summed E-state index contributed by atoms with van der Waals surface area (Å²) in [5, 5.41) is 6.72. The van der Waals surface area contributed by atoms with E-state index in [9.17, 15) is 14.4 Å². The molecule has 0 spiro atoms. The maximum atomic E-state index is 12.3. The zero-order valence-electron chi connectivity index (χ0n) is 18.2. The van der Waals surface area contributed by atoms with Crippen molar-refractivity contribution in [1.82, 2.24) is 5.43 Å². The van der Waals surface area contributed by atoms with E-state index in [0.29, 0.717) is 27.6 Å². The molecule has 9 nitrogen and oxygen atoms in total. The third-order valence-electron chi connectivity index (χ3n) is 4.40. The van der Waals surface area contributed by atoms with E-state index in [0.717, 1.165) is 0 Å². The quantitative estimate of drug-likeness (QED) is 0.175. The van der Waals surface area contributed by atoms with Crippen LogP contribution in [0.3, 0.4) is 0 Å². The second kappa shape index (κ2) is 11.5. The summed E-state index contributed by atoms with van der Waals surface area (Å²) in [4.78, 5) is 36.3. The zero-order valence-corrected chi connectivity index (χ0v) is 19.0. The number of carbonyl (C=O) groups excluding carboxylic acids is 3. The van der Waals surface area contributed by atoms with E-state index in [1.165, 1.54) is 26.5 Å². The van der Waals surface area contributed by atoms with Gasteiger partial charge in [0.25, 0.3) is 0 Å². The maximum absolute atomic E-state index is 12.3. The number of rotatable bonds is 7. The largest absolute Gasteiger partial charge is 0.497 e. The van der Waals surface area contributed by atoms with Crippen LogP contribution in [-0.2, 0) is 9.59 Å². The molecule has 3 rings (SSSR count). The number of methoxy groups -OCH3 is 2. The lowest BCUT2D eigenvalue weighted by Gasteiger charge is -2.10. The molecule has 0 saturated carbocycles. The van der Waals surface area contributed by atoms with E-state index in [1.54, 1.807) is 60.7 Å². The number of ether oxygens (including phenoxy) is 3. The van der Waals surface area contributed by atoms with Gasteiger partial charge in [-0.15, -0.1) is 0 Å². The summed E-state index contributed by atoms with van der Waals surface area (Å²) < 4.78 is 15.7. The Balaban J connectivity index is 1.58. The highest BCUT2D eigenvalue weighted by atomic mass is 35.5. The number of hydrogen-bond donors (Lipinski definition) is 2. The summed E-state index contributed by atoms with van der Waals surface area (Å²) >= 11 is 5.83. The predicted octanol–water partition coefficient (Wildman–Crippen LogP) is 3.67. The Morgan fingerprint density at radius 2 is 1.56 bits per heavy atom. The van der Waals surface area contributed by atoms with Gasteiger partial charge in [-0.25, -0.2) is 10.2 Å². The van der Waals surface area contributed by atoms with Crippen molar-refractivity contribution in [2.45, 2.75) is 0 Å². The Bertz CT molecular complexity index is 1210. The molecular weight excluding hydrogens is 462 g/mol. The number of anilines is 1. The molecule has 0 aromatic heterocycles. The van der Waals surface area contributed by atoms with Gasteiger partial charge in [0.15, 0.2) is 11.5 Å². The minimum atomic E-state index is -0.951. The number of amides is 2. The summed E-state index contributed by atoms with van der Waals surface area (Å²) in [6.07, 6.45) is 1.31. The normalized spacial score (nSPS) is 10.4. The van der Waals surface area contributed by atoms with Gasteiger partial charge in [0.05, 0.1) is 26.0 Å². The van der Waals surface area contributed by atoms with Crippen molar-refractivity contribution >= 4 is 41.3 Å². The Hall–Kier alpha value is -4.37. The van der Waals surface area contributed by atoms with Gasteiger partial charge in [0, 0.05) is 10.7 Å². The molecule has 0 heterocycles. The Kier molecular flexibility index (Phi) is 8.20. The van der Waals surface area contributed by atoms with E-state index in [4.69, 9.17) is 25.8 Å². The van der Waals surface area contributed by atoms with Gasteiger partial charge in [0.2, 0.25) is 0 Å². The van der Waals surface area contributed by atoms with Crippen LogP contribution in [0.4, 0.5) is 5.69 Å². The fourth-order valence-corrected chi connectivity index (χ4v) is 2.80. The third kappa shape index (κ3) is 6.57. The van der Waals surface area contributed by atoms with Crippen LogP contribution in [0.25, 0.3) is 0 Å². The van der Waals surface area contributed by atoms with Crippen molar-refractivity contribution in [2.75, 3.05) is 19.5 Å². The monoisotopic (exact) mass is 481 g/mol. The number of nitrogens with one attached hydrogen (secondary N) is 2. The average molecular weight is 482 g/mol. The van der Waals surface area contributed by atoms with E-state index in [2.05, 4.69) is 15.8 Å². The summed E-state index contributed by atoms with van der Waals surface area (Å²) in [6, 6.07) is 17.4. The van der Waals surface area contributed by atoms with Crippen molar-refractivity contribution in [3.63, 3.8) is 0 Å². The van der Waals surface area contributed by atoms with E-state index in [1.807, 2.05) is 0 Å². The van der Waals surface area contributed by atoms with Gasteiger partial charge in [0.1, 0.15) is 5.75 Å². The Labute approximate surface area is 200 Å². The maximum Gasteiger partial charge on any atom is 0.343 e. The predicted molar refractivity (Wildman–Crippen MR) is 127 cm³/mol. The summed E-state index contributed by atoms with van der Waals surface area (Å²) in [5.74, 6) is -1.32. The minimum absolute atomic E-state index is 0.197. The lowest BCUT2D eigenvalue weighted by molar-refractivity contribution is -0.136. The topological polar surface area (TPSA) is 115 Å². The standard InChI is InChI=1S/C24H20ClN3O6/c1-32-19-10-8-18(9-11-19)27-22(29)23(30)28-26-14-15-3-12-20(21(13-15)33-2)34-24(31)16-4-6-17(25)7-5-16/h3-14H,1-2H3,(H,27,29)(H,28,30). The van der Waals surface area contributed by atoms with Crippen LogP contribution in [0.15, 0.2) is 71.8 Å². The summed E-state index contributed by atoms with van der Waals surface area (Å²) in [5.41, 5.74) is 3.42. The second-order valence-corrected chi connectivity index (χ2v) is 7.12. The first-order chi connectivity index (χ1) is 16.4. The van der Waals surface area contributed by atoms with E-state index in [-0.39, 0.29) is 11.5 Å². The van der Waals surface area contributed by atoms with Crippen LogP contribution in [0.5, 0.6) is 17.2 Å². The molecule has 2 N–H and O–H groups in total. The van der Waals surface area contributed by atoms with Gasteiger partial charge >= 0.3 is 17.8 Å². The lowest BCUT2D eigenvalue weighted by atomic mass is 10.2. The van der Waals surface area contributed by atoms with Crippen molar-refractivity contribution in [3.05, 3.63) is 82.9 Å². The fraction of sp³-hybridized carbons (Fsp3) is 0.0833. The first-order valence-electron chi connectivity index (χ1n) is 9.84. The van der Waals surface area contributed by atoms with Crippen molar-refractivity contribution in [1.29, 1.82) is 0 Å². The van der Waals surface area contributed by atoms with Crippen LogP contribution in [-0.4, -0.2) is 38.2 Å². The Morgan fingerprint density at radius 3 is 2.21 bits per heavy atom. The van der Waals surface area contributed by atoms with Crippen molar-refractivity contribution in [3.8, 4) is 17.2 Å². The fourth-order valence-electron chi connectivity index (χ4n) is 2.67. The first-order valence-corrected chi connectivity index (χ1v) is 10.2. The zero-order chi connectivity index (χ0) is 24.5. The summed E-state index contributed by atoms with van der Waals surface area (Å²) in [6.45, 7) is 0. The number of esters is 1. The van der Waals surface area contributed by atoms with Gasteiger partial charge in [-0.3, -0.25) is 9.59 Å². The van der Waals surface area contributed by atoms with E-state index >= 15 is 0 Å². The summed E-state index contributed by atoms with van der Waals surface area (Å²) in [7, 11) is 2.94. The van der Waals surface area contributed by atoms with Crippen molar-refractivity contribution < 1.29 is 28.6 Å². The molecule has 0 bridgehead atoms.